The standard InChI is InChI=1S/C50H58O8S4/c1-15-55-39(51)23-33-31(11)43(41-35(53-13)19-17-21-37(41)57-25(3)4)59-49(33)47-29(9)27(7)45(61-47)46-28(8)30(10)48(62-46)50-34(24-40(52)56-16-2)32(12)44(60-50)42-36(54-14)20-18-22-38(42)58-26(5)6/h17-22,25-26H,15-16,23-24H2,1-14H3. The van der Waals surface area contributed by atoms with Gasteiger partial charge in [0.25, 0.3) is 0 Å². The quantitative estimate of drug-likeness (QED) is 0.0836. The molecule has 6 aromatic rings. The van der Waals surface area contributed by atoms with Gasteiger partial charge in [0, 0.05) is 39.0 Å². The summed E-state index contributed by atoms with van der Waals surface area (Å²) in [7, 11) is 3.35. The number of ether oxygens (including phenoxy) is 6. The smallest absolute Gasteiger partial charge is 0.310 e. The molecule has 0 saturated heterocycles. The van der Waals surface area contributed by atoms with Crippen LogP contribution in [0.4, 0.5) is 0 Å². The Labute approximate surface area is 382 Å². The van der Waals surface area contributed by atoms with E-state index in [1.165, 1.54) is 32.0 Å². The fourth-order valence-corrected chi connectivity index (χ4v) is 13.7. The van der Waals surface area contributed by atoms with Crippen molar-refractivity contribution in [3.05, 3.63) is 80.9 Å². The van der Waals surface area contributed by atoms with Crippen molar-refractivity contribution in [2.24, 2.45) is 0 Å². The predicted molar refractivity (Wildman–Crippen MR) is 259 cm³/mol. The number of methoxy groups -OCH3 is 2. The third-order valence-electron chi connectivity index (χ3n) is 10.9. The molecule has 2 aromatic carbocycles. The molecular weight excluding hydrogens is 857 g/mol. The monoisotopic (exact) mass is 914 g/mol. The van der Waals surface area contributed by atoms with E-state index in [2.05, 4.69) is 41.5 Å². The molecular formula is C50H58O8S4. The normalized spacial score (nSPS) is 11.4. The zero-order valence-corrected chi connectivity index (χ0v) is 41.6. The van der Waals surface area contributed by atoms with E-state index in [9.17, 15) is 9.59 Å². The van der Waals surface area contributed by atoms with Crippen LogP contribution in [0.25, 0.3) is 50.1 Å². The molecule has 12 heteroatoms. The van der Waals surface area contributed by atoms with E-state index >= 15 is 0 Å². The van der Waals surface area contributed by atoms with E-state index in [-0.39, 0.29) is 37.0 Å². The number of rotatable bonds is 17. The Balaban J connectivity index is 1.55. The van der Waals surface area contributed by atoms with Gasteiger partial charge in [-0.25, -0.2) is 0 Å². The topological polar surface area (TPSA) is 89.5 Å². The lowest BCUT2D eigenvalue weighted by molar-refractivity contribution is -0.143. The van der Waals surface area contributed by atoms with Gasteiger partial charge in [-0.1, -0.05) is 12.1 Å². The first-order valence-electron chi connectivity index (χ1n) is 21.0. The molecule has 0 N–H and O–H groups in total. The summed E-state index contributed by atoms with van der Waals surface area (Å²) in [6, 6.07) is 11.7. The third kappa shape index (κ3) is 9.21. The summed E-state index contributed by atoms with van der Waals surface area (Å²) in [5, 5.41) is 0. The molecule has 0 bridgehead atoms. The van der Waals surface area contributed by atoms with Gasteiger partial charge in [-0.15, -0.1) is 45.3 Å². The second-order valence-corrected chi connectivity index (χ2v) is 19.8. The van der Waals surface area contributed by atoms with E-state index in [4.69, 9.17) is 28.4 Å². The Morgan fingerprint density at radius 2 is 0.774 bits per heavy atom. The molecule has 8 nitrogen and oxygen atoms in total. The number of carbonyl (C=O) groups is 2. The van der Waals surface area contributed by atoms with Crippen molar-refractivity contribution >= 4 is 57.3 Å². The molecule has 0 atom stereocenters. The van der Waals surface area contributed by atoms with Gasteiger partial charge in [-0.2, -0.15) is 0 Å². The molecule has 0 fully saturated rings. The van der Waals surface area contributed by atoms with Crippen LogP contribution < -0.4 is 18.9 Å². The molecule has 4 heterocycles. The molecule has 0 amide bonds. The summed E-state index contributed by atoms with van der Waals surface area (Å²) < 4.78 is 35.6. The summed E-state index contributed by atoms with van der Waals surface area (Å²) in [6.07, 6.45) is 0.200. The lowest BCUT2D eigenvalue weighted by Gasteiger charge is -2.17. The van der Waals surface area contributed by atoms with Gasteiger partial charge in [0.2, 0.25) is 0 Å². The molecule has 0 saturated carbocycles. The number of thiophene rings is 4. The van der Waals surface area contributed by atoms with E-state index in [0.717, 1.165) is 74.1 Å². The summed E-state index contributed by atoms with van der Waals surface area (Å²) >= 11 is 6.86. The van der Waals surface area contributed by atoms with Crippen molar-refractivity contribution in [2.75, 3.05) is 27.4 Å². The highest BCUT2D eigenvalue weighted by atomic mass is 32.1. The van der Waals surface area contributed by atoms with Gasteiger partial charge in [0.05, 0.1) is 63.6 Å². The van der Waals surface area contributed by atoms with Gasteiger partial charge in [0.15, 0.2) is 0 Å². The van der Waals surface area contributed by atoms with Crippen LogP contribution in [0.2, 0.25) is 0 Å². The highest BCUT2D eigenvalue weighted by molar-refractivity contribution is 7.30. The maximum absolute atomic E-state index is 13.3. The van der Waals surface area contributed by atoms with Crippen molar-refractivity contribution in [3.63, 3.8) is 0 Å². The highest BCUT2D eigenvalue weighted by Gasteiger charge is 2.31. The zero-order valence-electron chi connectivity index (χ0n) is 38.3. The molecule has 0 spiro atoms. The van der Waals surface area contributed by atoms with Crippen molar-refractivity contribution in [3.8, 4) is 73.1 Å². The van der Waals surface area contributed by atoms with Gasteiger partial charge >= 0.3 is 11.9 Å². The Hall–Kier alpha value is -4.62. The Kier molecular flexibility index (Phi) is 15.0. The number of carbonyl (C=O) groups excluding carboxylic acids is 2. The molecule has 6 rings (SSSR count). The Morgan fingerprint density at radius 1 is 0.468 bits per heavy atom. The Bertz CT molecular complexity index is 2420. The fraction of sp³-hybridized carbons (Fsp3) is 0.400. The first-order valence-corrected chi connectivity index (χ1v) is 24.3. The van der Waals surface area contributed by atoms with Gasteiger partial charge in [-0.05, 0) is 152 Å². The predicted octanol–water partition coefficient (Wildman–Crippen LogP) is 13.9. The van der Waals surface area contributed by atoms with E-state index in [0.29, 0.717) is 24.7 Å². The van der Waals surface area contributed by atoms with E-state index in [1.54, 1.807) is 59.6 Å². The highest BCUT2D eigenvalue weighted by Crippen LogP contribution is 2.56. The average molecular weight is 915 g/mol. The molecule has 0 radical (unpaired) electrons. The van der Waals surface area contributed by atoms with Crippen LogP contribution in [-0.4, -0.2) is 51.6 Å². The van der Waals surface area contributed by atoms with Crippen LogP contribution >= 0.6 is 45.3 Å². The lowest BCUT2D eigenvalue weighted by atomic mass is 9.99. The maximum atomic E-state index is 13.3. The fourth-order valence-electron chi connectivity index (χ4n) is 7.65. The summed E-state index contributed by atoms with van der Waals surface area (Å²) in [5.74, 6) is 2.36. The molecule has 4 aromatic heterocycles. The number of hydrogen-bond acceptors (Lipinski definition) is 12. The number of benzene rings is 2. The minimum Gasteiger partial charge on any atom is -0.496 e. The van der Waals surface area contributed by atoms with Gasteiger partial charge < -0.3 is 28.4 Å². The molecule has 0 aliphatic rings. The van der Waals surface area contributed by atoms with Crippen LogP contribution in [0.15, 0.2) is 36.4 Å². The number of esters is 2. The molecule has 330 valence electrons. The van der Waals surface area contributed by atoms with Crippen LogP contribution in [-0.2, 0) is 31.9 Å². The van der Waals surface area contributed by atoms with Crippen molar-refractivity contribution in [1.82, 2.24) is 0 Å². The SMILES string of the molecule is CCOC(=O)Cc1c(-c2sc(-c3sc(-c4sc(-c5c(OC)cccc5OC(C)C)c(C)c4CC(=O)OCC)c(C)c3C)c(C)c2C)sc(-c2c(OC)cccc2OC(C)C)c1C. The van der Waals surface area contributed by atoms with Crippen molar-refractivity contribution in [1.29, 1.82) is 0 Å². The molecule has 0 aliphatic carbocycles. The lowest BCUT2D eigenvalue weighted by Crippen LogP contribution is -2.08. The van der Waals surface area contributed by atoms with Crippen LogP contribution in [0.5, 0.6) is 23.0 Å². The maximum Gasteiger partial charge on any atom is 0.310 e. The van der Waals surface area contributed by atoms with Crippen molar-refractivity contribution < 1.29 is 38.0 Å². The first kappa shape index (κ1) is 46.9. The van der Waals surface area contributed by atoms with Gasteiger partial charge in [0.1, 0.15) is 23.0 Å². The second kappa shape index (κ2) is 19.8. The summed E-state index contributed by atoms with van der Waals surface area (Å²) in [5.41, 5.74) is 10.4. The summed E-state index contributed by atoms with van der Waals surface area (Å²) in [4.78, 5) is 35.2. The van der Waals surface area contributed by atoms with Crippen LogP contribution in [0, 0.1) is 41.5 Å². The van der Waals surface area contributed by atoms with Crippen LogP contribution in [0.3, 0.4) is 0 Å². The van der Waals surface area contributed by atoms with Crippen molar-refractivity contribution in [2.45, 2.75) is 108 Å². The zero-order chi connectivity index (χ0) is 45.2. The summed E-state index contributed by atoms with van der Waals surface area (Å²) in [6.45, 7) is 25.2. The van der Waals surface area contributed by atoms with E-state index < -0.39 is 0 Å². The average Bonchev–Trinajstić information content (AvgIpc) is 3.90. The molecule has 62 heavy (non-hydrogen) atoms. The number of hydrogen-bond donors (Lipinski definition) is 0. The first-order chi connectivity index (χ1) is 29.6. The minimum absolute atomic E-state index is 0.0461. The third-order valence-corrected chi connectivity index (χ3v) is 16.9. The van der Waals surface area contributed by atoms with E-state index in [1.807, 2.05) is 77.9 Å². The van der Waals surface area contributed by atoms with Gasteiger partial charge in [-0.3, -0.25) is 9.59 Å². The molecule has 0 aliphatic heterocycles. The second-order valence-electron chi connectivity index (χ2n) is 15.7. The Morgan fingerprint density at radius 3 is 1.08 bits per heavy atom. The molecule has 0 unspecified atom stereocenters. The minimum atomic E-state index is -0.263. The largest absolute Gasteiger partial charge is 0.496 e. The van der Waals surface area contributed by atoms with Crippen LogP contribution in [0.1, 0.15) is 86.1 Å².